The van der Waals surface area contributed by atoms with Crippen LogP contribution in [0.2, 0.25) is 10.0 Å². The Morgan fingerprint density at radius 3 is 2.59 bits per heavy atom. The lowest BCUT2D eigenvalue weighted by Crippen LogP contribution is -2.51. The first-order valence-electron chi connectivity index (χ1n) is 9.30. The van der Waals surface area contributed by atoms with Crippen molar-refractivity contribution in [3.05, 3.63) is 63.6 Å². The molecule has 2 aromatic rings. The van der Waals surface area contributed by atoms with Crippen LogP contribution in [0, 0.1) is 5.92 Å². The molecule has 1 aliphatic heterocycles. The SMILES string of the molecule is COc1ccccc1C(=O)NCC(=O)NCC1CN(Cc2ccc(Cl)c(Cl)c2)C1. The summed E-state index contributed by atoms with van der Waals surface area (Å²) >= 11 is 12.0. The molecule has 0 aliphatic carbocycles. The number of nitrogens with one attached hydrogen (secondary N) is 2. The topological polar surface area (TPSA) is 70.7 Å². The zero-order valence-corrected chi connectivity index (χ0v) is 17.6. The third-order valence-electron chi connectivity index (χ3n) is 4.77. The van der Waals surface area contributed by atoms with Gasteiger partial charge in [0.15, 0.2) is 0 Å². The predicted octanol–water partition coefficient (Wildman–Crippen LogP) is 2.98. The second kappa shape index (κ2) is 9.96. The number of carbonyl (C=O) groups excluding carboxylic acids is 2. The summed E-state index contributed by atoms with van der Waals surface area (Å²) in [5, 5.41) is 6.60. The Kier molecular flexibility index (Phi) is 7.36. The largest absolute Gasteiger partial charge is 0.496 e. The van der Waals surface area contributed by atoms with Crippen LogP contribution >= 0.6 is 23.2 Å². The second-order valence-corrected chi connectivity index (χ2v) is 7.81. The number of ether oxygens (including phenoxy) is 1. The summed E-state index contributed by atoms with van der Waals surface area (Å²) in [4.78, 5) is 26.5. The van der Waals surface area contributed by atoms with Crippen molar-refractivity contribution in [2.75, 3.05) is 33.3 Å². The Labute approximate surface area is 180 Å². The number of rotatable bonds is 8. The zero-order valence-electron chi connectivity index (χ0n) is 16.1. The van der Waals surface area contributed by atoms with E-state index in [-0.39, 0.29) is 18.4 Å². The van der Waals surface area contributed by atoms with E-state index in [4.69, 9.17) is 27.9 Å². The molecule has 0 spiro atoms. The number of methoxy groups -OCH3 is 1. The maximum absolute atomic E-state index is 12.2. The van der Waals surface area contributed by atoms with Gasteiger partial charge in [0.05, 0.1) is 29.3 Å². The van der Waals surface area contributed by atoms with Crippen molar-refractivity contribution in [1.82, 2.24) is 15.5 Å². The minimum absolute atomic E-state index is 0.0728. The van der Waals surface area contributed by atoms with Crippen LogP contribution in [0.1, 0.15) is 15.9 Å². The van der Waals surface area contributed by atoms with E-state index in [1.807, 2.05) is 12.1 Å². The van der Waals surface area contributed by atoms with Gasteiger partial charge < -0.3 is 15.4 Å². The summed E-state index contributed by atoms with van der Waals surface area (Å²) < 4.78 is 5.16. The molecule has 3 rings (SSSR count). The number of benzene rings is 2. The molecule has 0 bridgehead atoms. The first-order valence-corrected chi connectivity index (χ1v) is 10.1. The smallest absolute Gasteiger partial charge is 0.255 e. The molecule has 0 unspecified atom stereocenters. The molecule has 0 radical (unpaired) electrons. The Morgan fingerprint density at radius 2 is 1.86 bits per heavy atom. The summed E-state index contributed by atoms with van der Waals surface area (Å²) in [5.74, 6) is 0.318. The van der Waals surface area contributed by atoms with Gasteiger partial charge in [-0.15, -0.1) is 0 Å². The van der Waals surface area contributed by atoms with Crippen molar-refractivity contribution < 1.29 is 14.3 Å². The van der Waals surface area contributed by atoms with Crippen LogP contribution in [0.5, 0.6) is 5.75 Å². The standard InChI is InChI=1S/C21H23Cl2N3O3/c1-29-19-5-3-2-4-16(19)21(28)25-10-20(27)24-9-15-12-26(13-15)11-14-6-7-17(22)18(23)8-14/h2-8,15H,9-13H2,1H3,(H,24,27)(H,25,28). The molecule has 2 N–H and O–H groups in total. The number of carbonyl (C=O) groups is 2. The van der Waals surface area contributed by atoms with Crippen LogP contribution in [0.25, 0.3) is 0 Å². The first-order chi connectivity index (χ1) is 14.0. The van der Waals surface area contributed by atoms with E-state index >= 15 is 0 Å². The van der Waals surface area contributed by atoms with E-state index in [9.17, 15) is 9.59 Å². The highest BCUT2D eigenvalue weighted by molar-refractivity contribution is 6.42. The molecule has 29 heavy (non-hydrogen) atoms. The number of hydrogen-bond donors (Lipinski definition) is 2. The molecule has 1 heterocycles. The highest BCUT2D eigenvalue weighted by Crippen LogP contribution is 2.25. The fourth-order valence-corrected chi connectivity index (χ4v) is 3.56. The van der Waals surface area contributed by atoms with Crippen molar-refractivity contribution in [3.8, 4) is 5.75 Å². The first kappa shape index (κ1) is 21.4. The molecule has 0 aromatic heterocycles. The van der Waals surface area contributed by atoms with Gasteiger partial charge >= 0.3 is 0 Å². The molecule has 0 saturated carbocycles. The van der Waals surface area contributed by atoms with Crippen LogP contribution in [0.15, 0.2) is 42.5 Å². The maximum atomic E-state index is 12.2. The van der Waals surface area contributed by atoms with E-state index in [0.717, 1.165) is 25.2 Å². The fraction of sp³-hybridized carbons (Fsp3) is 0.333. The summed E-state index contributed by atoms with van der Waals surface area (Å²) in [5.41, 5.74) is 1.51. The van der Waals surface area contributed by atoms with Gasteiger partial charge in [0, 0.05) is 32.1 Å². The molecule has 1 saturated heterocycles. The number of nitrogens with zero attached hydrogens (tertiary/aromatic N) is 1. The molecular formula is C21H23Cl2N3O3. The van der Waals surface area contributed by atoms with Gasteiger partial charge in [-0.1, -0.05) is 41.4 Å². The predicted molar refractivity (Wildman–Crippen MR) is 114 cm³/mol. The molecule has 2 amide bonds. The zero-order chi connectivity index (χ0) is 20.8. The minimum Gasteiger partial charge on any atom is -0.496 e. The highest BCUT2D eigenvalue weighted by Gasteiger charge is 2.27. The Balaban J connectivity index is 1.34. The molecule has 2 aromatic carbocycles. The highest BCUT2D eigenvalue weighted by atomic mass is 35.5. The van der Waals surface area contributed by atoms with Crippen LogP contribution < -0.4 is 15.4 Å². The molecule has 6 nitrogen and oxygen atoms in total. The van der Waals surface area contributed by atoms with Gasteiger partial charge in [0.2, 0.25) is 5.91 Å². The van der Waals surface area contributed by atoms with E-state index in [1.54, 1.807) is 30.3 Å². The van der Waals surface area contributed by atoms with Gasteiger partial charge in [0.25, 0.3) is 5.91 Å². The van der Waals surface area contributed by atoms with Crippen LogP contribution in [-0.4, -0.2) is 50.0 Å². The van der Waals surface area contributed by atoms with Crippen molar-refractivity contribution in [3.63, 3.8) is 0 Å². The number of hydrogen-bond acceptors (Lipinski definition) is 4. The molecule has 1 fully saturated rings. The summed E-state index contributed by atoms with van der Waals surface area (Å²) in [7, 11) is 1.50. The van der Waals surface area contributed by atoms with Gasteiger partial charge in [-0.2, -0.15) is 0 Å². The summed E-state index contributed by atoms with van der Waals surface area (Å²) in [6.07, 6.45) is 0. The van der Waals surface area contributed by atoms with Crippen molar-refractivity contribution in [2.45, 2.75) is 6.54 Å². The lowest BCUT2D eigenvalue weighted by molar-refractivity contribution is -0.120. The average Bonchev–Trinajstić information content (AvgIpc) is 2.70. The van der Waals surface area contributed by atoms with E-state index < -0.39 is 0 Å². The van der Waals surface area contributed by atoms with Gasteiger partial charge in [-0.3, -0.25) is 14.5 Å². The quantitative estimate of drug-likeness (QED) is 0.668. The van der Waals surface area contributed by atoms with Gasteiger partial charge in [0.1, 0.15) is 5.75 Å². The second-order valence-electron chi connectivity index (χ2n) is 7.00. The molecule has 154 valence electrons. The average molecular weight is 436 g/mol. The van der Waals surface area contributed by atoms with Crippen LogP contribution in [0.4, 0.5) is 0 Å². The molecule has 0 atom stereocenters. The van der Waals surface area contributed by atoms with E-state index in [0.29, 0.717) is 33.8 Å². The Morgan fingerprint density at radius 1 is 1.10 bits per heavy atom. The normalized spacial score (nSPS) is 14.2. The van der Waals surface area contributed by atoms with Crippen LogP contribution in [-0.2, 0) is 11.3 Å². The van der Waals surface area contributed by atoms with E-state index in [2.05, 4.69) is 15.5 Å². The third-order valence-corrected chi connectivity index (χ3v) is 5.51. The Hall–Kier alpha value is -2.28. The number of halogens is 2. The number of amides is 2. The molecular weight excluding hydrogens is 413 g/mol. The van der Waals surface area contributed by atoms with Crippen molar-refractivity contribution >= 4 is 35.0 Å². The number of para-hydroxylation sites is 1. The minimum atomic E-state index is -0.339. The molecule has 1 aliphatic rings. The fourth-order valence-electron chi connectivity index (χ4n) is 3.24. The maximum Gasteiger partial charge on any atom is 0.255 e. The molecule has 8 heteroatoms. The third kappa shape index (κ3) is 5.85. The van der Waals surface area contributed by atoms with E-state index in [1.165, 1.54) is 7.11 Å². The Bertz CT molecular complexity index is 885. The van der Waals surface area contributed by atoms with Crippen molar-refractivity contribution in [2.24, 2.45) is 5.92 Å². The van der Waals surface area contributed by atoms with Crippen molar-refractivity contribution in [1.29, 1.82) is 0 Å². The lowest BCUT2D eigenvalue weighted by atomic mass is 9.99. The van der Waals surface area contributed by atoms with Gasteiger partial charge in [-0.05, 0) is 29.8 Å². The monoisotopic (exact) mass is 435 g/mol. The summed E-state index contributed by atoms with van der Waals surface area (Å²) in [6, 6.07) is 12.5. The van der Waals surface area contributed by atoms with Crippen LogP contribution in [0.3, 0.4) is 0 Å². The lowest BCUT2D eigenvalue weighted by Gasteiger charge is -2.39. The van der Waals surface area contributed by atoms with Gasteiger partial charge in [-0.25, -0.2) is 0 Å². The number of likely N-dealkylation sites (tertiary alicyclic amines) is 1. The summed E-state index contributed by atoms with van der Waals surface area (Å²) in [6.45, 7) is 3.11.